The number of anilines is 1. The van der Waals surface area contributed by atoms with Gasteiger partial charge >= 0.3 is 0 Å². The van der Waals surface area contributed by atoms with Gasteiger partial charge in [0.1, 0.15) is 11.3 Å². The first-order valence-electron chi connectivity index (χ1n) is 11.2. The van der Waals surface area contributed by atoms with Crippen LogP contribution in [-0.4, -0.2) is 63.9 Å². The van der Waals surface area contributed by atoms with Crippen LogP contribution >= 0.6 is 0 Å². The Kier molecular flexibility index (Phi) is 5.36. The molecule has 1 fully saturated rings. The molecule has 1 aliphatic carbocycles. The van der Waals surface area contributed by atoms with E-state index in [2.05, 4.69) is 46.1 Å². The summed E-state index contributed by atoms with van der Waals surface area (Å²) in [6, 6.07) is 10.9. The van der Waals surface area contributed by atoms with Crippen LogP contribution in [0, 0.1) is 0 Å². The van der Waals surface area contributed by atoms with Crippen LogP contribution in [0.25, 0.3) is 11.0 Å². The maximum atomic E-state index is 11.6. The van der Waals surface area contributed by atoms with Crippen LogP contribution in [0.2, 0.25) is 0 Å². The number of fused-ring (bicyclic) bond motifs is 2. The second-order valence-electron chi connectivity index (χ2n) is 8.72. The molecule has 3 heterocycles. The normalized spacial score (nSPS) is 19.1. The van der Waals surface area contributed by atoms with E-state index in [0.29, 0.717) is 6.04 Å². The molecule has 1 aliphatic heterocycles. The maximum absolute atomic E-state index is 11.6. The van der Waals surface area contributed by atoms with E-state index in [-0.39, 0.29) is 5.91 Å². The van der Waals surface area contributed by atoms with Crippen LogP contribution in [0.4, 0.5) is 5.69 Å². The van der Waals surface area contributed by atoms with Crippen molar-refractivity contribution < 1.29 is 4.79 Å². The molecule has 2 aliphatic rings. The Hall–Kier alpha value is -2.93. The van der Waals surface area contributed by atoms with Crippen molar-refractivity contribution in [3.63, 3.8) is 0 Å². The minimum atomic E-state index is 0.154. The molecule has 0 saturated carbocycles. The molecule has 3 aromatic rings. The van der Waals surface area contributed by atoms with E-state index in [1.807, 2.05) is 17.2 Å². The quantitative estimate of drug-likeness (QED) is 0.705. The fraction of sp³-hybridized carbons (Fsp3) is 0.458. The monoisotopic (exact) mass is 418 g/mol. The molecule has 162 valence electrons. The number of rotatable bonds is 4. The van der Waals surface area contributed by atoms with Gasteiger partial charge in [-0.15, -0.1) is 0 Å². The molecular weight excluding hydrogens is 388 g/mol. The lowest BCUT2D eigenvalue weighted by atomic mass is 9.91. The van der Waals surface area contributed by atoms with Crippen LogP contribution in [0.1, 0.15) is 42.9 Å². The van der Waals surface area contributed by atoms with Gasteiger partial charge in [0.2, 0.25) is 5.91 Å². The van der Waals surface area contributed by atoms with Crippen molar-refractivity contribution in [2.75, 3.05) is 38.1 Å². The van der Waals surface area contributed by atoms with E-state index in [1.54, 1.807) is 6.92 Å². The van der Waals surface area contributed by atoms with Crippen LogP contribution in [0.3, 0.4) is 0 Å². The Balaban J connectivity index is 1.35. The molecule has 1 unspecified atom stereocenters. The Morgan fingerprint density at radius 3 is 2.84 bits per heavy atom. The number of imidazole rings is 1. The molecule has 1 atom stereocenters. The van der Waals surface area contributed by atoms with E-state index in [9.17, 15) is 4.79 Å². The number of H-pyrrole nitrogens is 1. The number of aromatic amines is 1. The standard InChI is InChI=1S/C24H30N6O/c1-17(31)29-12-14-30(15-13-29)21-10-4-8-19-24(21)27-22(26-19)16-28(2)20-9-3-6-18-7-5-11-25-23(18)20/h4-5,7-8,10-11,20H,3,6,9,12-16H2,1-2H3,(H,26,27). The summed E-state index contributed by atoms with van der Waals surface area (Å²) in [5.74, 6) is 1.14. The largest absolute Gasteiger partial charge is 0.366 e. The van der Waals surface area contributed by atoms with E-state index in [4.69, 9.17) is 9.97 Å². The summed E-state index contributed by atoms with van der Waals surface area (Å²) in [5.41, 5.74) is 5.83. The Morgan fingerprint density at radius 2 is 2.03 bits per heavy atom. The molecule has 7 heteroatoms. The van der Waals surface area contributed by atoms with Gasteiger partial charge in [-0.1, -0.05) is 12.1 Å². The van der Waals surface area contributed by atoms with Crippen molar-refractivity contribution in [2.24, 2.45) is 0 Å². The number of pyridine rings is 1. The van der Waals surface area contributed by atoms with Gasteiger partial charge in [-0.05, 0) is 50.1 Å². The van der Waals surface area contributed by atoms with Gasteiger partial charge in [-0.2, -0.15) is 0 Å². The number of amides is 1. The number of piperazine rings is 1. The average molecular weight is 419 g/mol. The number of para-hydroxylation sites is 1. The number of aryl methyl sites for hydroxylation is 1. The molecule has 0 bridgehead atoms. The van der Waals surface area contributed by atoms with Gasteiger partial charge in [-0.3, -0.25) is 14.7 Å². The number of carbonyl (C=O) groups is 1. The summed E-state index contributed by atoms with van der Waals surface area (Å²) in [7, 11) is 2.17. The highest BCUT2D eigenvalue weighted by molar-refractivity contribution is 5.89. The third-order valence-corrected chi connectivity index (χ3v) is 6.70. The highest BCUT2D eigenvalue weighted by atomic mass is 16.2. The number of hydrogen-bond acceptors (Lipinski definition) is 5. The van der Waals surface area contributed by atoms with Gasteiger partial charge in [0.25, 0.3) is 0 Å². The summed E-state index contributed by atoms with van der Waals surface area (Å²) in [6.45, 7) is 5.61. The second-order valence-corrected chi connectivity index (χ2v) is 8.72. The first kappa shape index (κ1) is 20.0. The molecule has 1 aromatic carbocycles. The van der Waals surface area contributed by atoms with E-state index in [1.165, 1.54) is 17.7 Å². The fourth-order valence-electron chi connectivity index (χ4n) is 5.02. The molecule has 1 saturated heterocycles. The first-order chi connectivity index (χ1) is 15.1. The predicted octanol–water partition coefficient (Wildman–Crippen LogP) is 3.14. The smallest absolute Gasteiger partial charge is 0.219 e. The van der Waals surface area contributed by atoms with Gasteiger partial charge in [-0.25, -0.2) is 4.98 Å². The summed E-state index contributed by atoms with van der Waals surface area (Å²) in [4.78, 5) is 31.5. The molecule has 5 rings (SSSR count). The predicted molar refractivity (Wildman–Crippen MR) is 122 cm³/mol. The van der Waals surface area contributed by atoms with Crippen LogP contribution in [0.15, 0.2) is 36.5 Å². The highest BCUT2D eigenvalue weighted by Gasteiger charge is 2.26. The van der Waals surface area contributed by atoms with Crippen molar-refractivity contribution in [1.82, 2.24) is 24.8 Å². The Labute approximate surface area is 183 Å². The molecule has 2 aromatic heterocycles. The topological polar surface area (TPSA) is 68.4 Å². The van der Waals surface area contributed by atoms with Gasteiger partial charge < -0.3 is 14.8 Å². The molecule has 1 N–H and O–H groups in total. The number of nitrogens with one attached hydrogen (secondary N) is 1. The van der Waals surface area contributed by atoms with Crippen molar-refractivity contribution >= 4 is 22.6 Å². The Bertz CT molecular complexity index is 1080. The SMILES string of the molecule is CC(=O)N1CCN(c2cccc3[nH]c(CN(C)C4CCCc5cccnc54)nc23)CC1. The number of benzene rings is 1. The van der Waals surface area contributed by atoms with Gasteiger partial charge in [0.05, 0.1) is 29.5 Å². The van der Waals surface area contributed by atoms with Crippen molar-refractivity contribution in [3.8, 4) is 0 Å². The van der Waals surface area contributed by atoms with E-state index in [0.717, 1.165) is 68.1 Å². The molecule has 31 heavy (non-hydrogen) atoms. The molecule has 1 amide bonds. The van der Waals surface area contributed by atoms with Crippen molar-refractivity contribution in [2.45, 2.75) is 38.8 Å². The van der Waals surface area contributed by atoms with Crippen molar-refractivity contribution in [3.05, 3.63) is 53.6 Å². The van der Waals surface area contributed by atoms with Crippen molar-refractivity contribution in [1.29, 1.82) is 0 Å². The first-order valence-corrected chi connectivity index (χ1v) is 11.2. The van der Waals surface area contributed by atoms with Gasteiger partial charge in [0, 0.05) is 39.3 Å². The van der Waals surface area contributed by atoms with Gasteiger partial charge in [0.15, 0.2) is 0 Å². The summed E-state index contributed by atoms with van der Waals surface area (Å²) in [5, 5.41) is 0. The van der Waals surface area contributed by atoms with Crippen LogP contribution in [-0.2, 0) is 17.8 Å². The third kappa shape index (κ3) is 3.90. The minimum absolute atomic E-state index is 0.154. The number of hydrogen-bond donors (Lipinski definition) is 1. The Morgan fingerprint density at radius 1 is 1.19 bits per heavy atom. The average Bonchev–Trinajstić information content (AvgIpc) is 3.21. The maximum Gasteiger partial charge on any atom is 0.219 e. The zero-order valence-corrected chi connectivity index (χ0v) is 18.3. The summed E-state index contributed by atoms with van der Waals surface area (Å²) < 4.78 is 0. The highest BCUT2D eigenvalue weighted by Crippen LogP contribution is 2.33. The van der Waals surface area contributed by atoms with Crippen LogP contribution < -0.4 is 4.90 Å². The number of nitrogens with zero attached hydrogens (tertiary/aromatic N) is 5. The third-order valence-electron chi connectivity index (χ3n) is 6.70. The van der Waals surface area contributed by atoms with E-state index < -0.39 is 0 Å². The number of carbonyl (C=O) groups excluding carboxylic acids is 1. The molecule has 0 spiro atoms. The zero-order chi connectivity index (χ0) is 21.4. The molecule has 0 radical (unpaired) electrons. The lowest BCUT2D eigenvalue weighted by Crippen LogP contribution is -2.48. The fourth-order valence-corrected chi connectivity index (χ4v) is 5.02. The summed E-state index contributed by atoms with van der Waals surface area (Å²) >= 11 is 0. The number of aromatic nitrogens is 3. The lowest BCUT2D eigenvalue weighted by Gasteiger charge is -2.35. The summed E-state index contributed by atoms with van der Waals surface area (Å²) in [6.07, 6.45) is 5.36. The minimum Gasteiger partial charge on any atom is -0.366 e. The molecular formula is C24H30N6O. The molecule has 7 nitrogen and oxygen atoms in total. The second kappa shape index (κ2) is 8.30. The van der Waals surface area contributed by atoms with Crippen LogP contribution in [0.5, 0.6) is 0 Å². The van der Waals surface area contributed by atoms with E-state index >= 15 is 0 Å². The lowest BCUT2D eigenvalue weighted by molar-refractivity contribution is -0.129. The zero-order valence-electron chi connectivity index (χ0n) is 18.3.